The Kier molecular flexibility index (Phi) is 5.92. The normalized spacial score (nSPS) is 18.5. The molecule has 0 unspecified atom stereocenters. The molecule has 0 atom stereocenters. The van der Waals surface area contributed by atoms with Crippen LogP contribution in [0.5, 0.6) is 5.88 Å². The molecule has 5 rings (SSSR count). The maximum Gasteiger partial charge on any atom is 0.211 e. The van der Waals surface area contributed by atoms with Gasteiger partial charge in [-0.1, -0.05) is 71.1 Å². The van der Waals surface area contributed by atoms with Crippen LogP contribution in [0.4, 0.5) is 11.4 Å². The first-order valence-electron chi connectivity index (χ1n) is 10.8. The van der Waals surface area contributed by atoms with Crippen LogP contribution < -0.4 is 4.80 Å². The molecule has 0 radical (unpaired) electrons. The number of para-hydroxylation sites is 1. The monoisotopic (exact) mass is 493 g/mol. The standard InChI is InChI=1S/C25H24BrN3OS/c26-18-12-13-22-21(15-18)17(16-27-22)14-23-24(30)29(20-10-6-1-2-7-11-20)25(31-23)28-19-8-4-3-5-9-19/h3-5,8-9,12-16,20,30H,1-2,6-7,10-11H2/b17-14+,28-25?. The van der Waals surface area contributed by atoms with Crippen molar-refractivity contribution in [1.82, 2.24) is 4.57 Å². The summed E-state index contributed by atoms with van der Waals surface area (Å²) in [6.07, 6.45) is 11.0. The number of fused-ring (bicyclic) bond motifs is 1. The SMILES string of the molecule is Oc1c(/C=C2\C=Nc3ccc(Br)cc32)sc(=Nc2ccccc2)n1C1CCCCCC1. The van der Waals surface area contributed by atoms with Gasteiger partial charge >= 0.3 is 0 Å². The van der Waals surface area contributed by atoms with Gasteiger partial charge in [0, 0.05) is 27.9 Å². The highest BCUT2D eigenvalue weighted by Crippen LogP contribution is 2.38. The summed E-state index contributed by atoms with van der Waals surface area (Å²) in [6, 6.07) is 16.4. The molecule has 0 amide bonds. The first-order chi connectivity index (χ1) is 15.2. The van der Waals surface area contributed by atoms with Crippen molar-refractivity contribution in [3.63, 3.8) is 0 Å². The van der Waals surface area contributed by atoms with Gasteiger partial charge in [0.2, 0.25) is 5.88 Å². The third kappa shape index (κ3) is 4.32. The second-order valence-corrected chi connectivity index (χ2v) is 9.98. The molecule has 2 heterocycles. The summed E-state index contributed by atoms with van der Waals surface area (Å²) in [5.74, 6) is 0.316. The van der Waals surface area contributed by atoms with E-state index < -0.39 is 0 Å². The smallest absolute Gasteiger partial charge is 0.211 e. The van der Waals surface area contributed by atoms with Crippen molar-refractivity contribution in [3.05, 3.63) is 68.2 Å². The summed E-state index contributed by atoms with van der Waals surface area (Å²) >= 11 is 5.10. The maximum absolute atomic E-state index is 11.3. The van der Waals surface area contributed by atoms with Crippen molar-refractivity contribution in [2.45, 2.75) is 44.6 Å². The number of aliphatic imine (C=N–C) groups is 1. The zero-order chi connectivity index (χ0) is 21.2. The Labute approximate surface area is 194 Å². The van der Waals surface area contributed by atoms with Gasteiger partial charge in [-0.2, -0.15) is 0 Å². The molecule has 1 saturated carbocycles. The number of benzene rings is 2. The summed E-state index contributed by atoms with van der Waals surface area (Å²) in [5, 5.41) is 11.3. The quantitative estimate of drug-likeness (QED) is 0.379. The Morgan fingerprint density at radius 2 is 1.84 bits per heavy atom. The minimum atomic E-state index is 0.284. The molecule has 3 aromatic rings. The predicted octanol–water partition coefficient (Wildman–Crippen LogP) is 7.40. The molecule has 0 saturated heterocycles. The van der Waals surface area contributed by atoms with Crippen LogP contribution in [-0.2, 0) is 0 Å². The molecule has 1 aromatic heterocycles. The lowest BCUT2D eigenvalue weighted by atomic mass is 10.1. The third-order valence-electron chi connectivity index (χ3n) is 5.93. The minimum absolute atomic E-state index is 0.284. The van der Waals surface area contributed by atoms with Crippen LogP contribution >= 0.6 is 27.3 Å². The highest BCUT2D eigenvalue weighted by molar-refractivity contribution is 9.10. The van der Waals surface area contributed by atoms with E-state index in [0.717, 1.165) is 49.5 Å². The molecule has 158 valence electrons. The highest BCUT2D eigenvalue weighted by Gasteiger charge is 2.22. The van der Waals surface area contributed by atoms with Crippen LogP contribution in [-0.4, -0.2) is 15.9 Å². The van der Waals surface area contributed by atoms with Crippen LogP contribution in [0.1, 0.15) is 55.0 Å². The highest BCUT2D eigenvalue weighted by atomic mass is 79.9. The van der Waals surface area contributed by atoms with Gasteiger partial charge in [0.1, 0.15) is 0 Å². The zero-order valence-electron chi connectivity index (χ0n) is 17.2. The fourth-order valence-electron chi connectivity index (χ4n) is 4.35. The second kappa shape index (κ2) is 8.97. The van der Waals surface area contributed by atoms with E-state index in [9.17, 15) is 5.11 Å². The maximum atomic E-state index is 11.3. The number of halogens is 1. The average Bonchev–Trinajstić information content (AvgIpc) is 3.17. The fourth-order valence-corrected chi connectivity index (χ4v) is 5.77. The molecule has 1 aliphatic carbocycles. The van der Waals surface area contributed by atoms with Crippen molar-refractivity contribution < 1.29 is 5.11 Å². The van der Waals surface area contributed by atoms with E-state index in [0.29, 0.717) is 5.88 Å². The molecule has 6 heteroatoms. The molecule has 2 aromatic carbocycles. The van der Waals surface area contributed by atoms with Crippen LogP contribution in [0, 0.1) is 0 Å². The van der Waals surface area contributed by atoms with Gasteiger partial charge in [0.25, 0.3) is 0 Å². The fraction of sp³-hybridized carbons (Fsp3) is 0.280. The number of thiazole rings is 1. The van der Waals surface area contributed by atoms with E-state index in [1.54, 1.807) is 11.3 Å². The topological polar surface area (TPSA) is 49.9 Å². The molecule has 0 bridgehead atoms. The van der Waals surface area contributed by atoms with Gasteiger partial charge in [0.05, 0.1) is 16.3 Å². The summed E-state index contributed by atoms with van der Waals surface area (Å²) in [6.45, 7) is 0. The Bertz CT molecular complexity index is 1220. The molecule has 0 spiro atoms. The number of hydrogen-bond donors (Lipinski definition) is 1. The van der Waals surface area contributed by atoms with Crippen molar-refractivity contribution in [3.8, 4) is 5.88 Å². The predicted molar refractivity (Wildman–Crippen MR) is 133 cm³/mol. The van der Waals surface area contributed by atoms with E-state index in [-0.39, 0.29) is 6.04 Å². The number of rotatable bonds is 3. The van der Waals surface area contributed by atoms with Gasteiger partial charge in [-0.25, -0.2) is 4.99 Å². The lowest BCUT2D eigenvalue weighted by Gasteiger charge is -2.17. The van der Waals surface area contributed by atoms with Crippen molar-refractivity contribution in [2.75, 3.05) is 0 Å². The van der Waals surface area contributed by atoms with Crippen LogP contribution in [0.2, 0.25) is 0 Å². The number of allylic oxidation sites excluding steroid dienone is 1. The molecule has 31 heavy (non-hydrogen) atoms. The van der Waals surface area contributed by atoms with E-state index in [1.165, 1.54) is 25.7 Å². The van der Waals surface area contributed by atoms with Gasteiger partial charge in [-0.15, -0.1) is 0 Å². The summed E-state index contributed by atoms with van der Waals surface area (Å²) < 4.78 is 3.09. The lowest BCUT2D eigenvalue weighted by molar-refractivity contribution is 0.351. The Hall–Kier alpha value is -2.44. The molecule has 4 nitrogen and oxygen atoms in total. The third-order valence-corrected chi connectivity index (χ3v) is 7.41. The number of nitrogens with zero attached hydrogens (tertiary/aromatic N) is 3. The van der Waals surface area contributed by atoms with Crippen LogP contribution in [0.25, 0.3) is 11.6 Å². The molecule has 1 fully saturated rings. The van der Waals surface area contributed by atoms with Crippen molar-refractivity contribution in [2.24, 2.45) is 9.98 Å². The lowest BCUT2D eigenvalue weighted by Crippen LogP contribution is -2.20. The number of aromatic nitrogens is 1. The summed E-state index contributed by atoms with van der Waals surface area (Å²) in [7, 11) is 0. The second-order valence-electron chi connectivity index (χ2n) is 8.05. The molecule has 1 aliphatic heterocycles. The van der Waals surface area contributed by atoms with E-state index in [2.05, 4.69) is 31.6 Å². The Morgan fingerprint density at radius 1 is 1.06 bits per heavy atom. The molecular formula is C25H24BrN3OS. The minimum Gasteiger partial charge on any atom is -0.493 e. The first-order valence-corrected chi connectivity index (χ1v) is 12.4. The first kappa shape index (κ1) is 20.5. The number of aromatic hydroxyl groups is 1. The Balaban J connectivity index is 1.63. The van der Waals surface area contributed by atoms with Crippen molar-refractivity contribution >= 4 is 56.5 Å². The number of hydrogen-bond acceptors (Lipinski definition) is 4. The van der Waals surface area contributed by atoms with E-state index >= 15 is 0 Å². The average molecular weight is 494 g/mol. The Morgan fingerprint density at radius 3 is 2.61 bits per heavy atom. The van der Waals surface area contributed by atoms with E-state index in [4.69, 9.17) is 4.99 Å². The van der Waals surface area contributed by atoms with Crippen molar-refractivity contribution in [1.29, 1.82) is 0 Å². The van der Waals surface area contributed by atoms with Gasteiger partial charge < -0.3 is 5.11 Å². The van der Waals surface area contributed by atoms with Gasteiger partial charge in [-0.3, -0.25) is 9.56 Å². The molecule has 2 aliphatic rings. The largest absolute Gasteiger partial charge is 0.493 e. The van der Waals surface area contributed by atoms with Gasteiger partial charge in [-0.05, 0) is 49.2 Å². The van der Waals surface area contributed by atoms with Gasteiger partial charge in [0.15, 0.2) is 4.80 Å². The summed E-state index contributed by atoms with van der Waals surface area (Å²) in [5.41, 5.74) is 3.94. The summed E-state index contributed by atoms with van der Waals surface area (Å²) in [4.78, 5) is 11.1. The van der Waals surface area contributed by atoms with Crippen LogP contribution in [0.3, 0.4) is 0 Å². The molecular weight excluding hydrogens is 470 g/mol. The van der Waals surface area contributed by atoms with E-state index in [1.807, 2.05) is 54.8 Å². The van der Waals surface area contributed by atoms with Crippen LogP contribution in [0.15, 0.2) is 63.0 Å². The molecule has 1 N–H and O–H groups in total. The zero-order valence-corrected chi connectivity index (χ0v) is 19.6.